The molecule has 2 aromatic rings. The summed E-state index contributed by atoms with van der Waals surface area (Å²) in [6.45, 7) is 2.30. The van der Waals surface area contributed by atoms with Crippen molar-refractivity contribution < 1.29 is 18.8 Å². The number of piperidine rings is 1. The van der Waals surface area contributed by atoms with Gasteiger partial charge in [0.25, 0.3) is 5.91 Å². The zero-order valence-corrected chi connectivity index (χ0v) is 15.6. The summed E-state index contributed by atoms with van der Waals surface area (Å²) in [6.07, 6.45) is 1.40. The molecule has 0 aromatic heterocycles. The lowest BCUT2D eigenvalue weighted by Crippen LogP contribution is -2.43. The molecule has 0 spiro atoms. The third kappa shape index (κ3) is 4.94. The molecule has 1 aliphatic heterocycles. The molecule has 1 unspecified atom stereocenters. The first-order valence-corrected chi connectivity index (χ1v) is 9.16. The van der Waals surface area contributed by atoms with Crippen LogP contribution >= 0.6 is 0 Å². The molecule has 7 heteroatoms. The molecule has 146 valence electrons. The Kier molecular flexibility index (Phi) is 6.03. The largest absolute Gasteiger partial charge is 0.338 e. The molecule has 1 aliphatic rings. The number of benzene rings is 2. The van der Waals surface area contributed by atoms with Crippen molar-refractivity contribution >= 4 is 29.1 Å². The summed E-state index contributed by atoms with van der Waals surface area (Å²) in [6, 6.07) is 12.3. The van der Waals surface area contributed by atoms with Gasteiger partial charge in [-0.2, -0.15) is 0 Å². The van der Waals surface area contributed by atoms with Crippen LogP contribution in [0.25, 0.3) is 0 Å². The Balaban J connectivity index is 1.63. The van der Waals surface area contributed by atoms with E-state index >= 15 is 0 Å². The van der Waals surface area contributed by atoms with Crippen molar-refractivity contribution in [1.82, 2.24) is 4.90 Å². The van der Waals surface area contributed by atoms with Crippen LogP contribution in [0.15, 0.2) is 48.5 Å². The first kappa shape index (κ1) is 19.5. The van der Waals surface area contributed by atoms with Gasteiger partial charge >= 0.3 is 0 Å². The van der Waals surface area contributed by atoms with Gasteiger partial charge in [0, 0.05) is 37.0 Å². The number of likely N-dealkylation sites (tertiary alicyclic amines) is 1. The number of hydrogen-bond acceptors (Lipinski definition) is 3. The van der Waals surface area contributed by atoms with E-state index in [1.54, 1.807) is 29.2 Å². The van der Waals surface area contributed by atoms with Crippen LogP contribution in [0.4, 0.5) is 15.8 Å². The average molecular weight is 383 g/mol. The number of amides is 3. The van der Waals surface area contributed by atoms with Crippen molar-refractivity contribution in [1.29, 1.82) is 0 Å². The van der Waals surface area contributed by atoms with Gasteiger partial charge < -0.3 is 15.5 Å². The van der Waals surface area contributed by atoms with Gasteiger partial charge in [-0.05, 0) is 55.3 Å². The second kappa shape index (κ2) is 8.65. The van der Waals surface area contributed by atoms with E-state index in [-0.39, 0.29) is 23.6 Å². The fraction of sp³-hybridized carbons (Fsp3) is 0.286. The van der Waals surface area contributed by atoms with Gasteiger partial charge in [-0.1, -0.05) is 6.07 Å². The summed E-state index contributed by atoms with van der Waals surface area (Å²) in [7, 11) is 0. The van der Waals surface area contributed by atoms with E-state index in [4.69, 9.17) is 0 Å². The Bertz CT molecular complexity index is 883. The van der Waals surface area contributed by atoms with Crippen LogP contribution < -0.4 is 10.6 Å². The van der Waals surface area contributed by atoms with Crippen molar-refractivity contribution in [3.05, 3.63) is 59.9 Å². The number of rotatable bonds is 4. The maximum absolute atomic E-state index is 13.1. The molecule has 1 fully saturated rings. The normalized spacial score (nSPS) is 16.4. The summed E-state index contributed by atoms with van der Waals surface area (Å²) in [4.78, 5) is 38.1. The highest BCUT2D eigenvalue weighted by atomic mass is 19.1. The molecular weight excluding hydrogens is 361 g/mol. The van der Waals surface area contributed by atoms with E-state index in [0.29, 0.717) is 36.4 Å². The minimum atomic E-state index is -0.394. The summed E-state index contributed by atoms with van der Waals surface area (Å²) in [5.74, 6) is -1.29. The summed E-state index contributed by atoms with van der Waals surface area (Å²) >= 11 is 0. The van der Waals surface area contributed by atoms with Gasteiger partial charge in [-0.15, -0.1) is 0 Å². The summed E-state index contributed by atoms with van der Waals surface area (Å²) < 4.78 is 13.1. The lowest BCUT2D eigenvalue weighted by atomic mass is 9.96. The topological polar surface area (TPSA) is 78.5 Å². The first-order valence-electron chi connectivity index (χ1n) is 9.16. The molecule has 0 aliphatic carbocycles. The molecule has 1 saturated heterocycles. The SMILES string of the molecule is CC(=O)Nc1cccc(NC(=O)C2CCCN(C(=O)c3ccc(F)cc3)C2)c1. The predicted molar refractivity (Wildman–Crippen MR) is 104 cm³/mol. The number of nitrogens with zero attached hydrogens (tertiary/aromatic N) is 1. The van der Waals surface area contributed by atoms with Crippen LogP contribution in [0.1, 0.15) is 30.1 Å². The second-order valence-corrected chi connectivity index (χ2v) is 6.85. The van der Waals surface area contributed by atoms with Gasteiger partial charge in [0.15, 0.2) is 0 Å². The van der Waals surface area contributed by atoms with Gasteiger partial charge in [-0.25, -0.2) is 4.39 Å². The fourth-order valence-corrected chi connectivity index (χ4v) is 3.27. The highest BCUT2D eigenvalue weighted by Crippen LogP contribution is 2.22. The number of hydrogen-bond donors (Lipinski definition) is 2. The van der Waals surface area contributed by atoms with Crippen LogP contribution in [0, 0.1) is 11.7 Å². The first-order chi connectivity index (χ1) is 13.4. The van der Waals surface area contributed by atoms with Crippen molar-refractivity contribution in [2.75, 3.05) is 23.7 Å². The van der Waals surface area contributed by atoms with Crippen LogP contribution in [0.3, 0.4) is 0 Å². The fourth-order valence-electron chi connectivity index (χ4n) is 3.27. The molecule has 1 atom stereocenters. The highest BCUT2D eigenvalue weighted by molar-refractivity contribution is 5.97. The van der Waals surface area contributed by atoms with Crippen LogP contribution in [-0.4, -0.2) is 35.7 Å². The van der Waals surface area contributed by atoms with E-state index in [0.717, 1.165) is 6.42 Å². The minimum absolute atomic E-state index is 0.170. The summed E-state index contributed by atoms with van der Waals surface area (Å²) in [5, 5.41) is 5.53. The second-order valence-electron chi connectivity index (χ2n) is 6.85. The van der Waals surface area contributed by atoms with Gasteiger partial charge in [0.1, 0.15) is 5.82 Å². The van der Waals surface area contributed by atoms with Crippen LogP contribution in [0.2, 0.25) is 0 Å². The Morgan fingerprint density at radius 3 is 2.39 bits per heavy atom. The Morgan fingerprint density at radius 2 is 1.71 bits per heavy atom. The number of carbonyl (C=O) groups is 3. The maximum atomic E-state index is 13.1. The molecule has 28 heavy (non-hydrogen) atoms. The predicted octanol–water partition coefficient (Wildman–Crippen LogP) is 3.28. The smallest absolute Gasteiger partial charge is 0.253 e. The Morgan fingerprint density at radius 1 is 1.04 bits per heavy atom. The lowest BCUT2D eigenvalue weighted by Gasteiger charge is -2.32. The number of anilines is 2. The lowest BCUT2D eigenvalue weighted by molar-refractivity contribution is -0.121. The third-order valence-electron chi connectivity index (χ3n) is 4.62. The molecular formula is C21H22FN3O3. The molecule has 2 aromatic carbocycles. The zero-order chi connectivity index (χ0) is 20.1. The van der Waals surface area contributed by atoms with E-state index in [1.807, 2.05) is 0 Å². The highest BCUT2D eigenvalue weighted by Gasteiger charge is 2.29. The standard InChI is InChI=1S/C21H22FN3O3/c1-14(26)23-18-5-2-6-19(12-18)24-20(27)16-4-3-11-25(13-16)21(28)15-7-9-17(22)10-8-15/h2,5-10,12,16H,3-4,11,13H2,1H3,(H,23,26)(H,24,27). The monoisotopic (exact) mass is 383 g/mol. The minimum Gasteiger partial charge on any atom is -0.338 e. The van der Waals surface area contributed by atoms with Crippen molar-refractivity contribution in [3.63, 3.8) is 0 Å². The Hall–Kier alpha value is -3.22. The van der Waals surface area contributed by atoms with Crippen LogP contribution in [0.5, 0.6) is 0 Å². The van der Waals surface area contributed by atoms with E-state index < -0.39 is 5.82 Å². The molecule has 2 N–H and O–H groups in total. The third-order valence-corrected chi connectivity index (χ3v) is 4.62. The zero-order valence-electron chi connectivity index (χ0n) is 15.6. The van der Waals surface area contributed by atoms with Gasteiger partial charge in [0.2, 0.25) is 11.8 Å². The molecule has 0 bridgehead atoms. The van der Waals surface area contributed by atoms with Gasteiger partial charge in [-0.3, -0.25) is 14.4 Å². The molecule has 3 amide bonds. The van der Waals surface area contributed by atoms with Gasteiger partial charge in [0.05, 0.1) is 5.92 Å². The molecule has 6 nitrogen and oxygen atoms in total. The molecule has 3 rings (SSSR count). The Labute approximate surface area is 162 Å². The summed E-state index contributed by atoms with van der Waals surface area (Å²) in [5.41, 5.74) is 1.59. The molecule has 0 saturated carbocycles. The van der Waals surface area contributed by atoms with E-state index in [1.165, 1.54) is 31.2 Å². The number of carbonyl (C=O) groups excluding carboxylic acids is 3. The van der Waals surface area contributed by atoms with Crippen molar-refractivity contribution in [2.45, 2.75) is 19.8 Å². The maximum Gasteiger partial charge on any atom is 0.253 e. The van der Waals surface area contributed by atoms with E-state index in [9.17, 15) is 18.8 Å². The average Bonchev–Trinajstić information content (AvgIpc) is 2.68. The van der Waals surface area contributed by atoms with E-state index in [2.05, 4.69) is 10.6 Å². The quantitative estimate of drug-likeness (QED) is 0.851. The number of halogens is 1. The van der Waals surface area contributed by atoms with Crippen LogP contribution in [-0.2, 0) is 9.59 Å². The molecule has 0 radical (unpaired) electrons. The van der Waals surface area contributed by atoms with Crippen molar-refractivity contribution in [3.8, 4) is 0 Å². The molecule has 1 heterocycles. The number of nitrogens with one attached hydrogen (secondary N) is 2. The van der Waals surface area contributed by atoms with Crippen molar-refractivity contribution in [2.24, 2.45) is 5.92 Å².